The number of aromatic hydroxyl groups is 1. The fourth-order valence-electron chi connectivity index (χ4n) is 3.49. The highest BCUT2D eigenvalue weighted by atomic mass is 19.4. The zero-order chi connectivity index (χ0) is 18.4. The van der Waals surface area contributed by atoms with E-state index in [-0.39, 0.29) is 24.1 Å². The van der Waals surface area contributed by atoms with Gasteiger partial charge in [-0.3, -0.25) is 5.01 Å². The van der Waals surface area contributed by atoms with Gasteiger partial charge in [-0.15, -0.1) is 5.53 Å². The van der Waals surface area contributed by atoms with E-state index >= 15 is 0 Å². The van der Waals surface area contributed by atoms with E-state index in [2.05, 4.69) is 16.3 Å². The molecule has 2 aliphatic rings. The Labute approximate surface area is 143 Å². The molecule has 138 valence electrons. The van der Waals surface area contributed by atoms with E-state index in [1.54, 1.807) is 5.01 Å². The number of hydrogen-bond donors (Lipinski definition) is 5. The fraction of sp³-hybridized carbons (Fsp3) is 0.500. The number of aliphatic hydroxyl groups is 1. The molecule has 1 saturated heterocycles. The SMILES string of the molecule is C[C@H]1C[C@@](O)(c2ccc(C(F)(F)F)c(O)c2)C[C@@H](C2=CN(C)NN2)N1. The lowest BCUT2D eigenvalue weighted by Crippen LogP contribution is -2.53. The second-order valence-electron chi connectivity index (χ2n) is 6.72. The molecule has 2 aliphatic heterocycles. The molecule has 1 fully saturated rings. The molecule has 0 aliphatic carbocycles. The average Bonchev–Trinajstić information content (AvgIpc) is 2.91. The minimum absolute atomic E-state index is 0.0678. The van der Waals surface area contributed by atoms with E-state index in [9.17, 15) is 23.4 Å². The maximum Gasteiger partial charge on any atom is 0.419 e. The number of nitrogens with one attached hydrogen (secondary N) is 3. The van der Waals surface area contributed by atoms with Crippen LogP contribution in [0.2, 0.25) is 0 Å². The Hall–Kier alpha value is -1.97. The van der Waals surface area contributed by atoms with Gasteiger partial charge in [0.2, 0.25) is 0 Å². The van der Waals surface area contributed by atoms with Crippen LogP contribution < -0.4 is 16.3 Å². The van der Waals surface area contributed by atoms with Crippen LogP contribution >= 0.6 is 0 Å². The molecule has 3 rings (SSSR count). The van der Waals surface area contributed by atoms with Gasteiger partial charge in [0, 0.05) is 25.7 Å². The van der Waals surface area contributed by atoms with Gasteiger partial charge in [-0.1, -0.05) is 6.07 Å². The first-order chi connectivity index (χ1) is 11.6. The van der Waals surface area contributed by atoms with Crippen molar-refractivity contribution in [2.45, 2.75) is 43.6 Å². The summed E-state index contributed by atoms with van der Waals surface area (Å²) < 4.78 is 38.5. The van der Waals surface area contributed by atoms with Gasteiger partial charge >= 0.3 is 6.18 Å². The van der Waals surface area contributed by atoms with Crippen molar-refractivity contribution in [3.63, 3.8) is 0 Å². The molecule has 25 heavy (non-hydrogen) atoms. The number of halogens is 3. The quantitative estimate of drug-likeness (QED) is 0.552. The highest BCUT2D eigenvalue weighted by Gasteiger charge is 2.42. The Balaban J connectivity index is 1.89. The van der Waals surface area contributed by atoms with Crippen LogP contribution in [0.4, 0.5) is 13.2 Å². The maximum absolute atomic E-state index is 12.8. The van der Waals surface area contributed by atoms with Gasteiger partial charge in [0.05, 0.1) is 22.9 Å². The van der Waals surface area contributed by atoms with E-state index in [1.165, 1.54) is 6.07 Å². The smallest absolute Gasteiger partial charge is 0.419 e. The molecule has 1 aromatic rings. The lowest BCUT2D eigenvalue weighted by Gasteiger charge is -2.41. The first-order valence-corrected chi connectivity index (χ1v) is 7.94. The van der Waals surface area contributed by atoms with Gasteiger partial charge < -0.3 is 21.0 Å². The van der Waals surface area contributed by atoms with Crippen LogP contribution in [0.25, 0.3) is 0 Å². The molecule has 2 heterocycles. The van der Waals surface area contributed by atoms with Crippen molar-refractivity contribution in [2.75, 3.05) is 7.05 Å². The summed E-state index contributed by atoms with van der Waals surface area (Å²) in [5.74, 6) is -0.874. The minimum Gasteiger partial charge on any atom is -0.507 e. The van der Waals surface area contributed by atoms with Crippen LogP contribution in [0.3, 0.4) is 0 Å². The van der Waals surface area contributed by atoms with E-state index in [4.69, 9.17) is 0 Å². The molecular weight excluding hydrogens is 337 g/mol. The zero-order valence-corrected chi connectivity index (χ0v) is 13.9. The maximum atomic E-state index is 12.8. The third-order valence-corrected chi connectivity index (χ3v) is 4.60. The molecule has 0 spiro atoms. The van der Waals surface area contributed by atoms with Crippen LogP contribution in [0.1, 0.15) is 30.9 Å². The number of hydrogen-bond acceptors (Lipinski definition) is 6. The van der Waals surface area contributed by atoms with E-state index < -0.39 is 23.1 Å². The molecule has 1 aromatic carbocycles. The van der Waals surface area contributed by atoms with Gasteiger partial charge in [-0.25, -0.2) is 0 Å². The Bertz CT molecular complexity index is 694. The first kappa shape index (κ1) is 17.8. The summed E-state index contributed by atoms with van der Waals surface area (Å²) in [6.45, 7) is 1.90. The average molecular weight is 358 g/mol. The van der Waals surface area contributed by atoms with Gasteiger partial charge in [0.25, 0.3) is 0 Å². The highest BCUT2D eigenvalue weighted by Crippen LogP contribution is 2.41. The normalized spacial score (nSPS) is 30.2. The number of benzene rings is 1. The van der Waals surface area contributed by atoms with Crippen LogP contribution in [0.5, 0.6) is 5.75 Å². The van der Waals surface area contributed by atoms with Crippen LogP contribution in [0.15, 0.2) is 30.1 Å². The lowest BCUT2D eigenvalue weighted by atomic mass is 9.78. The monoisotopic (exact) mass is 358 g/mol. The summed E-state index contributed by atoms with van der Waals surface area (Å²) >= 11 is 0. The van der Waals surface area contributed by atoms with Gasteiger partial charge in [-0.05, 0) is 31.0 Å². The summed E-state index contributed by atoms with van der Waals surface area (Å²) in [5.41, 5.74) is 4.52. The summed E-state index contributed by atoms with van der Waals surface area (Å²) in [6, 6.07) is 2.78. The molecule has 0 amide bonds. The van der Waals surface area contributed by atoms with Crippen molar-refractivity contribution < 1.29 is 23.4 Å². The van der Waals surface area contributed by atoms with Crippen molar-refractivity contribution in [3.05, 3.63) is 41.2 Å². The molecule has 6 nitrogen and oxygen atoms in total. The van der Waals surface area contributed by atoms with Gasteiger partial charge in [-0.2, -0.15) is 13.2 Å². The standard InChI is InChI=1S/C16H21F3N4O2/c1-9-6-15(25,7-12(20-9)13-8-23(2)22-21-13)10-3-4-11(14(24)5-10)16(17,18)19/h3-5,8-9,12,20-22,24-25H,6-7H2,1-2H3/t9-,12-,15-/m0/s1. The number of hydrazine groups is 2. The van der Waals surface area contributed by atoms with Gasteiger partial charge in [0.1, 0.15) is 5.75 Å². The number of phenolic OH excluding ortho intramolecular Hbond substituents is 1. The van der Waals surface area contributed by atoms with Crippen molar-refractivity contribution in [3.8, 4) is 5.75 Å². The van der Waals surface area contributed by atoms with E-state index in [0.29, 0.717) is 6.42 Å². The first-order valence-electron chi connectivity index (χ1n) is 7.94. The lowest BCUT2D eigenvalue weighted by molar-refractivity contribution is -0.138. The Morgan fingerprint density at radius 3 is 2.56 bits per heavy atom. The Kier molecular flexibility index (Phi) is 4.34. The largest absolute Gasteiger partial charge is 0.507 e. The summed E-state index contributed by atoms with van der Waals surface area (Å²) in [7, 11) is 1.81. The molecule has 0 bridgehead atoms. The van der Waals surface area contributed by atoms with Crippen molar-refractivity contribution in [1.29, 1.82) is 0 Å². The van der Waals surface area contributed by atoms with Crippen LogP contribution in [0, 0.1) is 0 Å². The molecule has 0 saturated carbocycles. The van der Waals surface area contributed by atoms with E-state index in [0.717, 1.165) is 17.8 Å². The number of alkyl halides is 3. The molecular formula is C16H21F3N4O2. The topological polar surface area (TPSA) is 79.8 Å². The van der Waals surface area contributed by atoms with Gasteiger partial charge in [0.15, 0.2) is 0 Å². The second-order valence-corrected chi connectivity index (χ2v) is 6.72. The molecule has 0 unspecified atom stereocenters. The van der Waals surface area contributed by atoms with E-state index in [1.807, 2.05) is 20.2 Å². The van der Waals surface area contributed by atoms with Crippen LogP contribution in [-0.2, 0) is 11.8 Å². The number of piperidine rings is 1. The molecule has 9 heteroatoms. The Morgan fingerprint density at radius 1 is 1.28 bits per heavy atom. The molecule has 5 N–H and O–H groups in total. The molecule has 0 aromatic heterocycles. The predicted octanol–water partition coefficient (Wildman–Crippen LogP) is 1.54. The van der Waals surface area contributed by atoms with Crippen molar-refractivity contribution in [2.24, 2.45) is 0 Å². The Morgan fingerprint density at radius 2 is 2.00 bits per heavy atom. The number of nitrogens with zero attached hydrogens (tertiary/aromatic N) is 1. The van der Waals surface area contributed by atoms with Crippen LogP contribution in [-0.4, -0.2) is 34.4 Å². The molecule has 3 atom stereocenters. The van der Waals surface area contributed by atoms with Crippen molar-refractivity contribution >= 4 is 0 Å². The molecule has 0 radical (unpaired) electrons. The summed E-state index contributed by atoms with van der Waals surface area (Å²) in [4.78, 5) is 0. The highest BCUT2D eigenvalue weighted by molar-refractivity contribution is 5.41. The zero-order valence-electron chi connectivity index (χ0n) is 13.9. The third kappa shape index (κ3) is 3.53. The number of phenols is 1. The second kappa shape index (κ2) is 6.08. The number of rotatable bonds is 2. The summed E-state index contributed by atoms with van der Waals surface area (Å²) in [6.07, 6.45) is -2.22. The third-order valence-electron chi connectivity index (χ3n) is 4.60. The summed E-state index contributed by atoms with van der Waals surface area (Å²) in [5, 5.41) is 25.9. The van der Waals surface area contributed by atoms with Crippen molar-refractivity contribution in [1.82, 2.24) is 21.3 Å². The minimum atomic E-state index is -4.63. The fourth-order valence-corrected chi connectivity index (χ4v) is 3.49. The predicted molar refractivity (Wildman–Crippen MR) is 84.7 cm³/mol.